The molecule has 0 saturated heterocycles. The molecule has 3 heterocycles. The fourth-order valence-electron chi connectivity index (χ4n) is 2.26. The van der Waals surface area contributed by atoms with E-state index in [1.54, 1.807) is 12.4 Å². The van der Waals surface area contributed by atoms with Crippen LogP contribution in [-0.4, -0.2) is 30.4 Å². The van der Waals surface area contributed by atoms with Gasteiger partial charge in [-0.05, 0) is 24.5 Å². The molecule has 1 aliphatic carbocycles. The van der Waals surface area contributed by atoms with Crippen molar-refractivity contribution in [3.63, 3.8) is 0 Å². The molecule has 1 aliphatic rings. The van der Waals surface area contributed by atoms with E-state index in [2.05, 4.69) is 41.0 Å². The van der Waals surface area contributed by atoms with Crippen molar-refractivity contribution in [3.8, 4) is 0 Å². The van der Waals surface area contributed by atoms with Crippen LogP contribution in [0.4, 0.5) is 17.6 Å². The first-order chi connectivity index (χ1) is 11.4. The van der Waals surface area contributed by atoms with Crippen molar-refractivity contribution in [1.29, 1.82) is 0 Å². The van der Waals surface area contributed by atoms with Gasteiger partial charge in [-0.25, -0.2) is 0 Å². The molecule has 0 amide bonds. The summed E-state index contributed by atoms with van der Waals surface area (Å²) >= 11 is 0. The molecule has 1 saturated carbocycles. The van der Waals surface area contributed by atoms with Crippen LogP contribution in [-0.2, 0) is 6.54 Å². The lowest BCUT2D eigenvalue weighted by Gasteiger charge is -2.06. The lowest BCUT2D eigenvalue weighted by molar-refractivity contribution is 0.950. The van der Waals surface area contributed by atoms with Gasteiger partial charge >= 0.3 is 0 Å². The fourth-order valence-corrected chi connectivity index (χ4v) is 2.26. The van der Waals surface area contributed by atoms with E-state index in [0.29, 0.717) is 30.0 Å². The molecule has 0 aromatic carbocycles. The minimum atomic E-state index is 0.412. The average molecular weight is 308 g/mol. The van der Waals surface area contributed by atoms with Gasteiger partial charge in [-0.15, -0.1) is 5.10 Å². The van der Waals surface area contributed by atoms with E-state index in [9.17, 15) is 0 Å². The van der Waals surface area contributed by atoms with E-state index < -0.39 is 0 Å². The summed E-state index contributed by atoms with van der Waals surface area (Å²) in [6, 6.07) is 5.89. The second-order valence-electron chi connectivity index (χ2n) is 5.49. The Morgan fingerprint density at radius 3 is 3.00 bits per heavy atom. The zero-order chi connectivity index (χ0) is 15.5. The van der Waals surface area contributed by atoms with Crippen LogP contribution in [0.15, 0.2) is 36.8 Å². The number of hydrogen-bond acceptors (Lipinski definition) is 7. The van der Waals surface area contributed by atoms with Gasteiger partial charge in [-0.1, -0.05) is 6.07 Å². The van der Waals surface area contributed by atoms with Gasteiger partial charge in [0.15, 0.2) is 11.6 Å². The summed E-state index contributed by atoms with van der Waals surface area (Å²) in [5.41, 5.74) is 2.23. The standard InChI is InChI=1S/C15H16N8/c1-2-10(7-16-5-1)8-17-14-9-18-23-15(20-14)19-13-6-12(21-22-13)11-3-4-11/h1-2,5-7,9,11H,3-4,8H2,(H3,17,19,20,21,22,23). The number of aromatic amines is 1. The molecule has 8 nitrogen and oxygen atoms in total. The third kappa shape index (κ3) is 3.42. The molecule has 3 aromatic heterocycles. The lowest BCUT2D eigenvalue weighted by atomic mass is 10.3. The highest BCUT2D eigenvalue weighted by atomic mass is 15.3. The van der Waals surface area contributed by atoms with Gasteiger partial charge in [0, 0.05) is 36.6 Å². The van der Waals surface area contributed by atoms with Crippen LogP contribution in [0.2, 0.25) is 0 Å². The first-order valence-corrected chi connectivity index (χ1v) is 7.51. The van der Waals surface area contributed by atoms with Crippen LogP contribution in [0.25, 0.3) is 0 Å². The number of pyridine rings is 1. The monoisotopic (exact) mass is 308 g/mol. The van der Waals surface area contributed by atoms with Crippen molar-refractivity contribution < 1.29 is 0 Å². The molecule has 0 radical (unpaired) electrons. The number of hydrogen-bond donors (Lipinski definition) is 3. The molecule has 0 bridgehead atoms. The Balaban J connectivity index is 1.41. The first kappa shape index (κ1) is 13.6. The van der Waals surface area contributed by atoms with Crippen LogP contribution in [0.1, 0.15) is 30.0 Å². The third-order valence-electron chi connectivity index (χ3n) is 3.61. The van der Waals surface area contributed by atoms with Gasteiger partial charge in [0.05, 0.1) is 6.20 Å². The van der Waals surface area contributed by atoms with Crippen LogP contribution in [0.5, 0.6) is 0 Å². The van der Waals surface area contributed by atoms with E-state index >= 15 is 0 Å². The van der Waals surface area contributed by atoms with Gasteiger partial charge in [0.2, 0.25) is 5.95 Å². The summed E-state index contributed by atoms with van der Waals surface area (Å²) in [6.45, 7) is 0.625. The molecule has 3 aromatic rings. The predicted molar refractivity (Wildman–Crippen MR) is 85.2 cm³/mol. The van der Waals surface area contributed by atoms with Gasteiger partial charge in [-0.3, -0.25) is 10.1 Å². The van der Waals surface area contributed by atoms with Crippen LogP contribution in [0.3, 0.4) is 0 Å². The molecule has 0 aliphatic heterocycles. The highest BCUT2D eigenvalue weighted by Crippen LogP contribution is 2.39. The lowest BCUT2D eigenvalue weighted by Crippen LogP contribution is -2.05. The molecule has 23 heavy (non-hydrogen) atoms. The normalized spacial score (nSPS) is 13.7. The quantitative estimate of drug-likeness (QED) is 0.641. The number of nitrogens with one attached hydrogen (secondary N) is 3. The van der Waals surface area contributed by atoms with Gasteiger partial charge < -0.3 is 10.6 Å². The highest BCUT2D eigenvalue weighted by molar-refractivity contribution is 5.50. The predicted octanol–water partition coefficient (Wildman–Crippen LogP) is 2.22. The Morgan fingerprint density at radius 2 is 2.17 bits per heavy atom. The first-order valence-electron chi connectivity index (χ1n) is 7.51. The molecular formula is C15H16N8. The number of H-pyrrole nitrogens is 1. The van der Waals surface area contributed by atoms with E-state index in [1.165, 1.54) is 12.8 Å². The minimum absolute atomic E-state index is 0.412. The second-order valence-corrected chi connectivity index (χ2v) is 5.49. The minimum Gasteiger partial charge on any atom is -0.364 e. The zero-order valence-electron chi connectivity index (χ0n) is 12.4. The maximum atomic E-state index is 4.38. The summed E-state index contributed by atoms with van der Waals surface area (Å²) < 4.78 is 0. The molecule has 0 atom stereocenters. The Morgan fingerprint density at radius 1 is 1.22 bits per heavy atom. The number of aromatic nitrogens is 6. The number of anilines is 3. The molecule has 8 heteroatoms. The van der Waals surface area contributed by atoms with Crippen molar-refractivity contribution in [2.45, 2.75) is 25.3 Å². The summed E-state index contributed by atoms with van der Waals surface area (Å²) in [7, 11) is 0. The summed E-state index contributed by atoms with van der Waals surface area (Å²) in [4.78, 5) is 8.46. The van der Waals surface area contributed by atoms with Crippen molar-refractivity contribution in [1.82, 2.24) is 30.4 Å². The smallest absolute Gasteiger partial charge is 0.250 e. The van der Waals surface area contributed by atoms with E-state index in [4.69, 9.17) is 0 Å². The molecule has 1 fully saturated rings. The molecule has 4 rings (SSSR count). The Labute approximate surface area is 132 Å². The summed E-state index contributed by atoms with van der Waals surface area (Å²) in [6.07, 6.45) is 7.60. The van der Waals surface area contributed by atoms with Gasteiger partial charge in [0.1, 0.15) is 0 Å². The Bertz CT molecular complexity index is 781. The zero-order valence-corrected chi connectivity index (χ0v) is 12.4. The Kier molecular flexibility index (Phi) is 3.55. The van der Waals surface area contributed by atoms with Crippen LogP contribution in [0, 0.1) is 0 Å². The molecule has 0 unspecified atom stereocenters. The van der Waals surface area contributed by atoms with E-state index in [0.717, 1.165) is 11.3 Å². The number of rotatable bonds is 6. The van der Waals surface area contributed by atoms with Gasteiger partial charge in [0.25, 0.3) is 0 Å². The SMILES string of the molecule is c1cncc(CNc2cnnc(Nc3cc(C4CC4)[nH]n3)n2)c1. The molecular weight excluding hydrogens is 292 g/mol. The highest BCUT2D eigenvalue weighted by Gasteiger charge is 2.25. The van der Waals surface area contributed by atoms with Crippen LogP contribution >= 0.6 is 0 Å². The van der Waals surface area contributed by atoms with Crippen molar-refractivity contribution in [2.75, 3.05) is 10.6 Å². The summed E-state index contributed by atoms with van der Waals surface area (Å²) in [5, 5.41) is 21.5. The Hall–Kier alpha value is -3.03. The third-order valence-corrected chi connectivity index (χ3v) is 3.61. The average Bonchev–Trinajstić information content (AvgIpc) is 3.34. The van der Waals surface area contributed by atoms with E-state index in [1.807, 2.05) is 24.4 Å². The second kappa shape index (κ2) is 5.99. The molecule has 0 spiro atoms. The fraction of sp³-hybridized carbons (Fsp3) is 0.267. The van der Waals surface area contributed by atoms with Crippen molar-refractivity contribution >= 4 is 17.6 Å². The van der Waals surface area contributed by atoms with Crippen molar-refractivity contribution in [2.24, 2.45) is 0 Å². The topological polar surface area (TPSA) is 104 Å². The maximum Gasteiger partial charge on any atom is 0.250 e. The molecule has 116 valence electrons. The van der Waals surface area contributed by atoms with Crippen LogP contribution < -0.4 is 10.6 Å². The molecule has 3 N–H and O–H groups in total. The van der Waals surface area contributed by atoms with Gasteiger partial charge in [-0.2, -0.15) is 15.2 Å². The maximum absolute atomic E-state index is 4.38. The van der Waals surface area contributed by atoms with E-state index in [-0.39, 0.29) is 0 Å². The summed E-state index contributed by atoms with van der Waals surface area (Å²) in [5.74, 6) is 2.39. The number of nitrogens with zero attached hydrogens (tertiary/aromatic N) is 5. The van der Waals surface area contributed by atoms with Crippen molar-refractivity contribution in [3.05, 3.63) is 48.0 Å². The largest absolute Gasteiger partial charge is 0.364 e.